The van der Waals surface area contributed by atoms with Crippen molar-refractivity contribution in [1.82, 2.24) is 15.2 Å². The molecule has 2 unspecified atom stereocenters. The molecule has 0 aliphatic heterocycles. The van der Waals surface area contributed by atoms with E-state index in [-0.39, 0.29) is 5.91 Å². The molecule has 2 atom stereocenters. The SMILES string of the molecule is Cc1[nH]c2ccc(C(=O)Nc3cc(C4CC4C)[nH]n3)cc2c1C. The van der Waals surface area contributed by atoms with Crippen molar-refractivity contribution in [3.05, 3.63) is 46.8 Å². The van der Waals surface area contributed by atoms with Gasteiger partial charge in [0.15, 0.2) is 5.82 Å². The van der Waals surface area contributed by atoms with Gasteiger partial charge in [0.1, 0.15) is 0 Å². The first-order valence-electron chi connectivity index (χ1n) is 7.98. The fourth-order valence-electron chi connectivity index (χ4n) is 3.14. The van der Waals surface area contributed by atoms with Crippen LogP contribution in [-0.2, 0) is 0 Å². The number of rotatable bonds is 3. The number of nitrogens with one attached hydrogen (secondary N) is 3. The molecule has 5 nitrogen and oxygen atoms in total. The van der Waals surface area contributed by atoms with Gasteiger partial charge in [-0.3, -0.25) is 9.89 Å². The summed E-state index contributed by atoms with van der Waals surface area (Å²) in [6.45, 7) is 6.33. The monoisotopic (exact) mass is 308 g/mol. The number of carbonyl (C=O) groups excluding carboxylic acids is 1. The Kier molecular flexibility index (Phi) is 3.04. The number of anilines is 1. The van der Waals surface area contributed by atoms with E-state index >= 15 is 0 Å². The summed E-state index contributed by atoms with van der Waals surface area (Å²) < 4.78 is 0. The predicted octanol–water partition coefficient (Wildman–Crippen LogP) is 3.88. The van der Waals surface area contributed by atoms with Crippen LogP contribution in [0.15, 0.2) is 24.3 Å². The highest BCUT2D eigenvalue weighted by Gasteiger charge is 2.35. The molecule has 23 heavy (non-hydrogen) atoms. The normalized spacial score (nSPS) is 20.0. The maximum absolute atomic E-state index is 12.5. The van der Waals surface area contributed by atoms with Crippen molar-refractivity contribution in [3.63, 3.8) is 0 Å². The van der Waals surface area contributed by atoms with Gasteiger partial charge < -0.3 is 10.3 Å². The van der Waals surface area contributed by atoms with Crippen LogP contribution in [0.25, 0.3) is 10.9 Å². The van der Waals surface area contributed by atoms with Crippen molar-refractivity contribution < 1.29 is 4.79 Å². The topological polar surface area (TPSA) is 73.6 Å². The minimum Gasteiger partial charge on any atom is -0.358 e. The minimum absolute atomic E-state index is 0.132. The van der Waals surface area contributed by atoms with Gasteiger partial charge in [0.05, 0.1) is 0 Å². The molecule has 1 amide bonds. The first-order valence-corrected chi connectivity index (χ1v) is 7.98. The predicted molar refractivity (Wildman–Crippen MR) is 90.8 cm³/mol. The van der Waals surface area contributed by atoms with E-state index in [1.807, 2.05) is 31.2 Å². The number of nitrogens with zero attached hydrogens (tertiary/aromatic N) is 1. The second-order valence-corrected chi connectivity index (χ2v) is 6.62. The van der Waals surface area contributed by atoms with Crippen LogP contribution in [0.3, 0.4) is 0 Å². The summed E-state index contributed by atoms with van der Waals surface area (Å²) in [5.74, 6) is 1.73. The Hall–Kier alpha value is -2.56. The third kappa shape index (κ3) is 2.42. The number of aromatic amines is 2. The van der Waals surface area contributed by atoms with Crippen LogP contribution in [0, 0.1) is 19.8 Å². The number of amides is 1. The average Bonchev–Trinajstić information content (AvgIpc) is 2.96. The molecule has 0 spiro atoms. The zero-order chi connectivity index (χ0) is 16.1. The van der Waals surface area contributed by atoms with Crippen molar-refractivity contribution in [2.45, 2.75) is 33.1 Å². The van der Waals surface area contributed by atoms with Crippen LogP contribution in [-0.4, -0.2) is 21.1 Å². The van der Waals surface area contributed by atoms with Crippen LogP contribution in [0.4, 0.5) is 5.82 Å². The van der Waals surface area contributed by atoms with E-state index in [9.17, 15) is 4.79 Å². The number of aryl methyl sites for hydroxylation is 2. The molecule has 1 aromatic carbocycles. The van der Waals surface area contributed by atoms with Gasteiger partial charge in [-0.1, -0.05) is 6.92 Å². The Morgan fingerprint density at radius 1 is 1.30 bits per heavy atom. The number of H-pyrrole nitrogens is 2. The van der Waals surface area contributed by atoms with Gasteiger partial charge in [0, 0.05) is 39.8 Å². The summed E-state index contributed by atoms with van der Waals surface area (Å²) in [5.41, 5.74) is 5.12. The number of benzene rings is 1. The van der Waals surface area contributed by atoms with E-state index in [0.717, 1.165) is 22.3 Å². The minimum atomic E-state index is -0.132. The Morgan fingerprint density at radius 3 is 2.83 bits per heavy atom. The van der Waals surface area contributed by atoms with Crippen molar-refractivity contribution in [2.24, 2.45) is 5.92 Å². The molecule has 2 heterocycles. The number of fused-ring (bicyclic) bond motifs is 1. The average molecular weight is 308 g/mol. The van der Waals surface area contributed by atoms with E-state index in [1.165, 1.54) is 12.0 Å². The zero-order valence-electron chi connectivity index (χ0n) is 13.5. The molecule has 4 rings (SSSR count). The van der Waals surface area contributed by atoms with Crippen LogP contribution in [0.2, 0.25) is 0 Å². The molecule has 1 aliphatic carbocycles. The molecular weight excluding hydrogens is 288 g/mol. The maximum Gasteiger partial charge on any atom is 0.256 e. The lowest BCUT2D eigenvalue weighted by Gasteiger charge is -2.02. The number of hydrogen-bond acceptors (Lipinski definition) is 2. The molecule has 0 saturated heterocycles. The molecule has 0 bridgehead atoms. The van der Waals surface area contributed by atoms with Gasteiger partial charge in [-0.25, -0.2) is 0 Å². The number of aromatic nitrogens is 3. The summed E-state index contributed by atoms with van der Waals surface area (Å²) in [7, 11) is 0. The lowest BCUT2D eigenvalue weighted by molar-refractivity contribution is 0.102. The van der Waals surface area contributed by atoms with E-state index in [1.54, 1.807) is 0 Å². The summed E-state index contributed by atoms with van der Waals surface area (Å²) >= 11 is 0. The van der Waals surface area contributed by atoms with E-state index in [0.29, 0.717) is 23.2 Å². The van der Waals surface area contributed by atoms with Crippen molar-refractivity contribution >= 4 is 22.6 Å². The highest BCUT2D eigenvalue weighted by molar-refractivity contribution is 6.06. The third-order valence-corrected chi connectivity index (χ3v) is 4.92. The fraction of sp³-hybridized carbons (Fsp3) is 0.333. The largest absolute Gasteiger partial charge is 0.358 e. The molecule has 1 aliphatic rings. The van der Waals surface area contributed by atoms with Crippen molar-refractivity contribution in [1.29, 1.82) is 0 Å². The van der Waals surface area contributed by atoms with Gasteiger partial charge >= 0.3 is 0 Å². The highest BCUT2D eigenvalue weighted by atomic mass is 16.1. The molecule has 2 aromatic heterocycles. The van der Waals surface area contributed by atoms with Gasteiger partial charge in [0.2, 0.25) is 0 Å². The Labute approximate surface area is 134 Å². The smallest absolute Gasteiger partial charge is 0.256 e. The molecule has 3 aromatic rings. The quantitative estimate of drug-likeness (QED) is 0.687. The lowest BCUT2D eigenvalue weighted by atomic mass is 10.1. The number of carbonyl (C=O) groups is 1. The Morgan fingerprint density at radius 2 is 2.09 bits per heavy atom. The van der Waals surface area contributed by atoms with Gasteiger partial charge in [-0.15, -0.1) is 0 Å². The van der Waals surface area contributed by atoms with E-state index in [4.69, 9.17) is 0 Å². The van der Waals surface area contributed by atoms with E-state index < -0.39 is 0 Å². The summed E-state index contributed by atoms with van der Waals surface area (Å²) in [4.78, 5) is 15.8. The molecule has 1 fully saturated rings. The van der Waals surface area contributed by atoms with Crippen LogP contribution < -0.4 is 5.32 Å². The molecule has 1 saturated carbocycles. The highest BCUT2D eigenvalue weighted by Crippen LogP contribution is 2.46. The van der Waals surface area contributed by atoms with E-state index in [2.05, 4.69) is 34.3 Å². The van der Waals surface area contributed by atoms with Crippen LogP contribution in [0.5, 0.6) is 0 Å². The van der Waals surface area contributed by atoms with Crippen LogP contribution >= 0.6 is 0 Å². The fourth-order valence-corrected chi connectivity index (χ4v) is 3.14. The van der Waals surface area contributed by atoms with Crippen LogP contribution in [0.1, 0.15) is 46.6 Å². The second-order valence-electron chi connectivity index (χ2n) is 6.62. The van der Waals surface area contributed by atoms with Gasteiger partial charge in [-0.2, -0.15) is 5.10 Å². The van der Waals surface area contributed by atoms with Crippen molar-refractivity contribution in [3.8, 4) is 0 Å². The first kappa shape index (κ1) is 14.1. The van der Waals surface area contributed by atoms with Gasteiger partial charge in [0.25, 0.3) is 5.91 Å². The molecule has 5 heteroatoms. The summed E-state index contributed by atoms with van der Waals surface area (Å²) in [6.07, 6.45) is 1.19. The Balaban J connectivity index is 1.56. The molecule has 3 N–H and O–H groups in total. The lowest BCUT2D eigenvalue weighted by Crippen LogP contribution is -2.12. The standard InChI is InChI=1S/C18H20N4O/c1-9-6-13(9)16-8-17(22-21-16)20-18(23)12-4-5-15-14(7-12)10(2)11(3)19-15/h4-5,7-9,13,19H,6H2,1-3H3,(H2,20,21,22,23). The number of hydrogen-bond donors (Lipinski definition) is 3. The first-order chi connectivity index (χ1) is 11.0. The zero-order valence-corrected chi connectivity index (χ0v) is 13.5. The van der Waals surface area contributed by atoms with Crippen molar-refractivity contribution in [2.75, 3.05) is 5.32 Å². The second kappa shape index (κ2) is 4.98. The molecule has 118 valence electrons. The molecular formula is C18H20N4O. The summed E-state index contributed by atoms with van der Waals surface area (Å²) in [5, 5.41) is 11.2. The molecule has 0 radical (unpaired) electrons. The maximum atomic E-state index is 12.5. The Bertz CT molecular complexity index is 905. The van der Waals surface area contributed by atoms with Gasteiger partial charge in [-0.05, 0) is 49.9 Å². The summed E-state index contributed by atoms with van der Waals surface area (Å²) in [6, 6.07) is 7.66. The third-order valence-electron chi connectivity index (χ3n) is 4.92.